The summed E-state index contributed by atoms with van der Waals surface area (Å²) in [5, 5.41) is 3.36. The minimum absolute atomic E-state index is 0.0848. The van der Waals surface area contributed by atoms with Crippen LogP contribution in [0.2, 0.25) is 0 Å². The van der Waals surface area contributed by atoms with Crippen LogP contribution in [0.25, 0.3) is 11.3 Å². The van der Waals surface area contributed by atoms with E-state index in [4.69, 9.17) is 15.5 Å². The zero-order valence-corrected chi connectivity index (χ0v) is 20.0. The number of nitrogens with two attached hydrogens (primary N) is 1. The molecule has 0 bridgehead atoms. The van der Waals surface area contributed by atoms with Crippen molar-refractivity contribution in [2.45, 2.75) is 64.5 Å². The molecule has 3 heterocycles. The lowest BCUT2D eigenvalue weighted by molar-refractivity contribution is 0.0556. The van der Waals surface area contributed by atoms with Crippen LogP contribution in [0.1, 0.15) is 52.9 Å². The molecule has 2 fully saturated rings. The summed E-state index contributed by atoms with van der Waals surface area (Å²) in [4.78, 5) is 26.7. The Morgan fingerprint density at radius 1 is 1.15 bits per heavy atom. The molecule has 1 amide bonds. The van der Waals surface area contributed by atoms with Gasteiger partial charge in [-0.2, -0.15) is 0 Å². The van der Waals surface area contributed by atoms with E-state index in [1.165, 1.54) is 6.42 Å². The van der Waals surface area contributed by atoms with E-state index in [2.05, 4.69) is 15.2 Å². The molecule has 2 aliphatic rings. The van der Waals surface area contributed by atoms with Gasteiger partial charge in [-0.3, -0.25) is 4.90 Å². The minimum Gasteiger partial charge on any atom is -0.443 e. The molecule has 1 saturated heterocycles. The number of ether oxygens (including phenoxy) is 1. The Kier molecular flexibility index (Phi) is 7.02. The summed E-state index contributed by atoms with van der Waals surface area (Å²) < 4.78 is 5.77. The van der Waals surface area contributed by atoms with Crippen molar-refractivity contribution in [1.82, 2.24) is 15.3 Å². The second kappa shape index (κ2) is 9.95. The number of carbonyl (C=O) groups is 1. The van der Waals surface area contributed by atoms with E-state index >= 15 is 0 Å². The number of carbonyl (C=O) groups excluding carboxylic acids is 1. The van der Waals surface area contributed by atoms with Gasteiger partial charge in [0.25, 0.3) is 0 Å². The Bertz CT molecular complexity index is 962. The average molecular weight is 453 g/mol. The zero-order chi connectivity index (χ0) is 23.4. The number of amides is 1. The maximum atomic E-state index is 13.2. The summed E-state index contributed by atoms with van der Waals surface area (Å²) in [6, 6.07) is 7.74. The molecule has 2 aromatic rings. The average Bonchev–Trinajstić information content (AvgIpc) is 2.79. The van der Waals surface area contributed by atoms with Gasteiger partial charge in [0.15, 0.2) is 0 Å². The molecule has 178 valence electrons. The topological polar surface area (TPSA) is 96.6 Å². The fourth-order valence-electron chi connectivity index (χ4n) is 4.53. The van der Waals surface area contributed by atoms with Gasteiger partial charge in [0.2, 0.25) is 0 Å². The number of anilines is 3. The zero-order valence-electron chi connectivity index (χ0n) is 20.0. The number of hydrogen-bond acceptors (Lipinski definition) is 7. The summed E-state index contributed by atoms with van der Waals surface area (Å²) in [5.74, 6) is 1.47. The fraction of sp³-hybridized carbons (Fsp3) is 0.560. The molecule has 0 aromatic carbocycles. The predicted molar refractivity (Wildman–Crippen MR) is 133 cm³/mol. The Hall–Kier alpha value is -2.87. The van der Waals surface area contributed by atoms with Crippen molar-refractivity contribution in [3.8, 4) is 11.3 Å². The summed E-state index contributed by atoms with van der Waals surface area (Å²) in [6.45, 7) is 9.32. The van der Waals surface area contributed by atoms with Gasteiger partial charge >= 0.3 is 6.09 Å². The summed E-state index contributed by atoms with van der Waals surface area (Å²) in [6.07, 6.45) is 6.71. The quantitative estimate of drug-likeness (QED) is 0.717. The molecule has 8 nitrogen and oxygen atoms in total. The molecular weight excluding hydrogens is 416 g/mol. The second-order valence-electron chi connectivity index (χ2n) is 9.93. The Morgan fingerprint density at radius 2 is 1.88 bits per heavy atom. The molecule has 1 aliphatic carbocycles. The molecule has 2 aromatic heterocycles. The highest BCUT2D eigenvalue weighted by Crippen LogP contribution is 2.31. The smallest absolute Gasteiger partial charge is 0.416 e. The maximum absolute atomic E-state index is 13.2. The first-order valence-corrected chi connectivity index (χ1v) is 12.0. The van der Waals surface area contributed by atoms with Crippen LogP contribution < -0.4 is 20.9 Å². The first-order valence-electron chi connectivity index (χ1n) is 12.0. The van der Waals surface area contributed by atoms with Crippen LogP contribution in [-0.2, 0) is 4.74 Å². The van der Waals surface area contributed by atoms with Gasteiger partial charge in [-0.25, -0.2) is 14.8 Å². The van der Waals surface area contributed by atoms with E-state index < -0.39 is 5.60 Å². The lowest BCUT2D eigenvalue weighted by Gasteiger charge is -2.35. The van der Waals surface area contributed by atoms with E-state index in [9.17, 15) is 4.79 Å². The third-order valence-electron chi connectivity index (χ3n) is 6.09. The monoisotopic (exact) mass is 452 g/mol. The summed E-state index contributed by atoms with van der Waals surface area (Å²) >= 11 is 0. The largest absolute Gasteiger partial charge is 0.443 e. The molecule has 0 radical (unpaired) electrons. The summed E-state index contributed by atoms with van der Waals surface area (Å²) in [7, 11) is 0. The van der Waals surface area contributed by atoms with Crippen LogP contribution in [0, 0.1) is 0 Å². The number of rotatable bonds is 4. The van der Waals surface area contributed by atoms with Crippen molar-refractivity contribution in [3.63, 3.8) is 0 Å². The Balaban J connectivity index is 1.67. The first-order chi connectivity index (χ1) is 15.8. The van der Waals surface area contributed by atoms with Gasteiger partial charge in [-0.05, 0) is 51.8 Å². The highest BCUT2D eigenvalue weighted by atomic mass is 16.6. The van der Waals surface area contributed by atoms with Crippen molar-refractivity contribution >= 4 is 23.4 Å². The van der Waals surface area contributed by atoms with Crippen LogP contribution >= 0.6 is 0 Å². The van der Waals surface area contributed by atoms with Crippen molar-refractivity contribution < 1.29 is 9.53 Å². The number of nitrogens with zero attached hydrogens (tertiary/aromatic N) is 4. The standard InChI is InChI=1S/C25H36N6O2/c1-25(2,3)33-24(32)31(20-7-5-4-6-8-20)22-15-18(9-10-28-22)21-16-19(26)17-23(29-21)30-13-11-27-12-14-30/h9-10,15-17,20,27H,4-8,11-14H2,1-3H3,(H2,26,29). The van der Waals surface area contributed by atoms with Crippen molar-refractivity contribution in [2.75, 3.05) is 41.7 Å². The molecule has 0 unspecified atom stereocenters. The lowest BCUT2D eigenvalue weighted by Crippen LogP contribution is -2.45. The summed E-state index contributed by atoms with van der Waals surface area (Å²) in [5.41, 5.74) is 8.01. The van der Waals surface area contributed by atoms with E-state index in [1.807, 2.05) is 45.0 Å². The van der Waals surface area contributed by atoms with Gasteiger partial charge in [-0.15, -0.1) is 0 Å². The Labute approximate surface area is 196 Å². The highest BCUT2D eigenvalue weighted by Gasteiger charge is 2.31. The highest BCUT2D eigenvalue weighted by molar-refractivity contribution is 5.88. The lowest BCUT2D eigenvalue weighted by atomic mass is 9.94. The number of piperazine rings is 1. The SMILES string of the molecule is CC(C)(C)OC(=O)N(c1cc(-c2cc(N)cc(N3CCNCC3)n2)ccn1)C1CCCCC1. The number of pyridine rings is 2. The Morgan fingerprint density at radius 3 is 2.58 bits per heavy atom. The number of aromatic nitrogens is 2. The first kappa shape index (κ1) is 23.3. The second-order valence-corrected chi connectivity index (χ2v) is 9.93. The van der Waals surface area contributed by atoms with E-state index in [-0.39, 0.29) is 12.1 Å². The molecule has 0 atom stereocenters. The number of nitrogens with one attached hydrogen (secondary N) is 1. The molecule has 0 spiro atoms. The van der Waals surface area contributed by atoms with E-state index in [1.54, 1.807) is 11.1 Å². The van der Waals surface area contributed by atoms with Gasteiger partial charge in [0, 0.05) is 55.7 Å². The van der Waals surface area contributed by atoms with Gasteiger partial charge in [0.1, 0.15) is 17.2 Å². The molecule has 1 aliphatic heterocycles. The molecule has 3 N–H and O–H groups in total. The van der Waals surface area contributed by atoms with E-state index in [0.29, 0.717) is 11.5 Å². The van der Waals surface area contributed by atoms with Crippen LogP contribution in [-0.4, -0.2) is 53.9 Å². The van der Waals surface area contributed by atoms with E-state index in [0.717, 1.165) is 68.9 Å². The van der Waals surface area contributed by atoms with Crippen LogP contribution in [0.3, 0.4) is 0 Å². The molecule has 4 rings (SSSR count). The molecular formula is C25H36N6O2. The normalized spacial score (nSPS) is 17.6. The van der Waals surface area contributed by atoms with Crippen molar-refractivity contribution in [1.29, 1.82) is 0 Å². The van der Waals surface area contributed by atoms with Crippen molar-refractivity contribution in [3.05, 3.63) is 30.5 Å². The molecule has 1 saturated carbocycles. The third kappa shape index (κ3) is 5.93. The van der Waals surface area contributed by atoms with Gasteiger partial charge in [-0.1, -0.05) is 19.3 Å². The maximum Gasteiger partial charge on any atom is 0.416 e. The third-order valence-corrected chi connectivity index (χ3v) is 6.09. The predicted octanol–water partition coefficient (Wildman–Crippen LogP) is 4.21. The fourth-order valence-corrected chi connectivity index (χ4v) is 4.53. The van der Waals surface area contributed by atoms with Gasteiger partial charge < -0.3 is 20.7 Å². The van der Waals surface area contributed by atoms with Crippen LogP contribution in [0.5, 0.6) is 0 Å². The van der Waals surface area contributed by atoms with Crippen molar-refractivity contribution in [2.24, 2.45) is 0 Å². The number of nitrogen functional groups attached to an aromatic ring is 1. The molecule has 8 heteroatoms. The van der Waals surface area contributed by atoms with Gasteiger partial charge in [0.05, 0.1) is 5.69 Å². The number of hydrogen-bond donors (Lipinski definition) is 2. The molecule has 33 heavy (non-hydrogen) atoms. The van der Waals surface area contributed by atoms with Crippen LogP contribution in [0.4, 0.5) is 22.1 Å². The van der Waals surface area contributed by atoms with Crippen LogP contribution in [0.15, 0.2) is 30.5 Å². The minimum atomic E-state index is -0.574.